The Morgan fingerprint density at radius 1 is 0.786 bits per heavy atom. The number of esters is 1. The number of fused-ring (bicyclic) bond motifs is 5. The predicted octanol–water partition coefficient (Wildman–Crippen LogP) is 11.2. The quantitative estimate of drug-likeness (QED) is 0.0538. The van der Waals surface area contributed by atoms with Crippen LogP contribution in [-0.4, -0.2) is 64.7 Å². The molecule has 5 unspecified atom stereocenters. The van der Waals surface area contributed by atoms with E-state index in [9.17, 15) is 20.1 Å². The lowest BCUT2D eigenvalue weighted by atomic mass is 9.47. The van der Waals surface area contributed by atoms with Crippen LogP contribution in [0.1, 0.15) is 202 Å². The van der Waals surface area contributed by atoms with E-state index in [4.69, 9.17) is 14.2 Å². The second-order valence-electron chi connectivity index (χ2n) is 20.5. The normalized spacial score (nSPS) is 37.4. The highest BCUT2D eigenvalue weighted by Gasteiger charge is 2.59. The fourth-order valence-electron chi connectivity index (χ4n) is 12.7. The minimum Gasteiger partial charge on any atom is -0.463 e. The van der Waals surface area contributed by atoms with Gasteiger partial charge in [-0.3, -0.25) is 4.79 Å². The summed E-state index contributed by atoms with van der Waals surface area (Å²) in [5, 5.41) is 32.4. The Hall–Kier alpha value is -0.990. The number of aliphatic hydroxyl groups is 3. The average molecular weight is 787 g/mol. The van der Waals surface area contributed by atoms with Crippen molar-refractivity contribution in [3.63, 3.8) is 0 Å². The lowest BCUT2D eigenvalue weighted by Crippen LogP contribution is -2.60. The maximum Gasteiger partial charge on any atom is 0.305 e. The summed E-state index contributed by atoms with van der Waals surface area (Å²) in [5.41, 5.74) is 2.15. The Kier molecular flexibility index (Phi) is 18.1. The molecule has 4 aliphatic carbocycles. The van der Waals surface area contributed by atoms with Gasteiger partial charge in [0.2, 0.25) is 0 Å². The number of aliphatic hydroxyl groups excluding tert-OH is 3. The van der Waals surface area contributed by atoms with Crippen molar-refractivity contribution in [1.29, 1.82) is 0 Å². The highest BCUT2D eigenvalue weighted by Crippen LogP contribution is 2.67. The molecule has 4 fully saturated rings. The molecular weight excluding hydrogens is 701 g/mol. The fraction of sp³-hybridized carbons (Fsp3) is 0.939. The molecule has 0 amide bonds. The van der Waals surface area contributed by atoms with Crippen LogP contribution in [0, 0.1) is 46.3 Å². The van der Waals surface area contributed by atoms with Crippen LogP contribution < -0.4 is 0 Å². The summed E-state index contributed by atoms with van der Waals surface area (Å²) < 4.78 is 18.0. The van der Waals surface area contributed by atoms with Crippen LogP contribution in [0.4, 0.5) is 0 Å². The second kappa shape index (κ2) is 22.0. The zero-order valence-electron chi connectivity index (χ0n) is 36.9. The SMILES string of the molecule is CCCCCCCCCCCCCCCC(=O)OC[C@H]1OC(OC2CC[C@@]3(C)C(=CCC4C3CC[C@@]3(C)C4CC[C@@H]3[C@H](C)CCCC(C)C)C2)[C@H](O)[C@@H](O)[C@@H]1O. The molecule has 0 bridgehead atoms. The monoisotopic (exact) mass is 787 g/mol. The molecule has 5 rings (SSSR count). The highest BCUT2D eigenvalue weighted by atomic mass is 16.7. The Labute approximate surface area is 342 Å². The van der Waals surface area contributed by atoms with Gasteiger partial charge in [0.05, 0.1) is 6.10 Å². The molecule has 13 atom stereocenters. The van der Waals surface area contributed by atoms with Gasteiger partial charge in [0.25, 0.3) is 0 Å². The van der Waals surface area contributed by atoms with Gasteiger partial charge in [-0.05, 0) is 104 Å². The van der Waals surface area contributed by atoms with E-state index in [1.54, 1.807) is 0 Å². The standard InChI is InChI=1S/C49H86O7/c1-7-8-9-10-11-12-13-14-15-16-17-18-19-23-43(50)54-33-42-44(51)45(52)46(53)47(56-42)55-37-28-30-48(5)36(32-37)24-25-38-40-27-26-39(35(4)22-20-21-34(2)3)49(40,6)31-29-41(38)48/h24,34-35,37-42,44-47,51-53H,7-23,25-33H2,1-6H3/t35-,37?,38?,39-,40?,41?,42-,44-,45+,46-,47?,48+,49-/m1/s1. The zero-order chi connectivity index (χ0) is 40.3. The summed E-state index contributed by atoms with van der Waals surface area (Å²) in [5.74, 6) is 4.45. The molecule has 0 aromatic carbocycles. The molecule has 0 radical (unpaired) electrons. The van der Waals surface area contributed by atoms with Crippen LogP contribution in [-0.2, 0) is 19.0 Å². The number of allylic oxidation sites excluding steroid dienone is 1. The fourth-order valence-corrected chi connectivity index (χ4v) is 12.7. The number of ether oxygens (including phenoxy) is 3. The van der Waals surface area contributed by atoms with Crippen LogP contribution in [0.3, 0.4) is 0 Å². The highest BCUT2D eigenvalue weighted by molar-refractivity contribution is 5.69. The van der Waals surface area contributed by atoms with Crippen molar-refractivity contribution in [3.05, 3.63) is 11.6 Å². The maximum atomic E-state index is 12.6. The molecule has 7 nitrogen and oxygen atoms in total. The molecule has 3 saturated carbocycles. The third kappa shape index (κ3) is 11.6. The number of rotatable bonds is 23. The van der Waals surface area contributed by atoms with Crippen LogP contribution >= 0.6 is 0 Å². The van der Waals surface area contributed by atoms with Crippen LogP contribution in [0.5, 0.6) is 0 Å². The number of carbonyl (C=O) groups is 1. The molecule has 1 saturated heterocycles. The van der Waals surface area contributed by atoms with E-state index in [-0.39, 0.29) is 24.1 Å². The van der Waals surface area contributed by atoms with Crippen molar-refractivity contribution in [2.45, 2.75) is 239 Å². The average Bonchev–Trinajstić information content (AvgIpc) is 3.53. The molecule has 1 heterocycles. The van der Waals surface area contributed by atoms with Crippen molar-refractivity contribution >= 4 is 5.97 Å². The molecule has 3 N–H and O–H groups in total. The van der Waals surface area contributed by atoms with E-state index in [0.29, 0.717) is 17.8 Å². The van der Waals surface area contributed by atoms with Gasteiger partial charge in [-0.15, -0.1) is 0 Å². The van der Waals surface area contributed by atoms with Crippen LogP contribution in [0.25, 0.3) is 0 Å². The molecule has 0 aromatic heterocycles. The number of hydrogen-bond donors (Lipinski definition) is 3. The van der Waals surface area contributed by atoms with E-state index in [1.165, 1.54) is 115 Å². The Bertz CT molecular complexity index is 1200. The molecule has 1 aliphatic heterocycles. The summed E-state index contributed by atoms with van der Waals surface area (Å²) >= 11 is 0. The predicted molar refractivity (Wildman–Crippen MR) is 226 cm³/mol. The Morgan fingerprint density at radius 3 is 2.11 bits per heavy atom. The molecule has 5 aliphatic rings. The third-order valence-electron chi connectivity index (χ3n) is 16.1. The van der Waals surface area contributed by atoms with Crippen molar-refractivity contribution in [3.8, 4) is 0 Å². The first kappa shape index (κ1) is 46.1. The van der Waals surface area contributed by atoms with E-state index in [0.717, 1.165) is 74.5 Å². The third-order valence-corrected chi connectivity index (χ3v) is 16.1. The molecule has 0 aromatic rings. The molecule has 324 valence electrons. The summed E-state index contributed by atoms with van der Waals surface area (Å²) in [6.07, 6.45) is 26.2. The Balaban J connectivity index is 1.03. The lowest BCUT2D eigenvalue weighted by molar-refractivity contribution is -0.313. The van der Waals surface area contributed by atoms with Crippen LogP contribution in [0.15, 0.2) is 11.6 Å². The van der Waals surface area contributed by atoms with Gasteiger partial charge in [0.1, 0.15) is 31.0 Å². The van der Waals surface area contributed by atoms with Crippen LogP contribution in [0.2, 0.25) is 0 Å². The van der Waals surface area contributed by atoms with Gasteiger partial charge < -0.3 is 29.5 Å². The topological polar surface area (TPSA) is 105 Å². The van der Waals surface area contributed by atoms with Gasteiger partial charge in [0.15, 0.2) is 6.29 Å². The summed E-state index contributed by atoms with van der Waals surface area (Å²) in [7, 11) is 0. The van der Waals surface area contributed by atoms with E-state index >= 15 is 0 Å². The smallest absolute Gasteiger partial charge is 0.305 e. The van der Waals surface area contributed by atoms with Gasteiger partial charge >= 0.3 is 5.97 Å². The number of carbonyl (C=O) groups excluding carboxylic acids is 1. The molecule has 56 heavy (non-hydrogen) atoms. The molecular formula is C49H86O7. The molecule has 0 spiro atoms. The Morgan fingerprint density at radius 2 is 1.45 bits per heavy atom. The first-order valence-corrected chi connectivity index (χ1v) is 24.1. The zero-order valence-corrected chi connectivity index (χ0v) is 36.9. The van der Waals surface area contributed by atoms with Crippen molar-refractivity contribution in [2.75, 3.05) is 6.61 Å². The summed E-state index contributed by atoms with van der Waals surface area (Å²) in [4.78, 5) is 12.6. The first-order valence-electron chi connectivity index (χ1n) is 24.1. The van der Waals surface area contributed by atoms with E-state index in [2.05, 4.69) is 47.6 Å². The van der Waals surface area contributed by atoms with Gasteiger partial charge in [-0.2, -0.15) is 0 Å². The summed E-state index contributed by atoms with van der Waals surface area (Å²) in [6, 6.07) is 0. The van der Waals surface area contributed by atoms with Gasteiger partial charge in [0, 0.05) is 6.42 Å². The van der Waals surface area contributed by atoms with E-state index in [1.807, 2.05) is 0 Å². The largest absolute Gasteiger partial charge is 0.463 e. The second-order valence-corrected chi connectivity index (χ2v) is 20.5. The van der Waals surface area contributed by atoms with Gasteiger partial charge in [-0.1, -0.05) is 150 Å². The number of hydrogen-bond acceptors (Lipinski definition) is 7. The van der Waals surface area contributed by atoms with Crippen molar-refractivity contribution < 1.29 is 34.3 Å². The first-order chi connectivity index (χ1) is 26.9. The summed E-state index contributed by atoms with van der Waals surface area (Å²) in [6.45, 7) is 14.5. The van der Waals surface area contributed by atoms with E-state index < -0.39 is 30.7 Å². The lowest BCUT2D eigenvalue weighted by Gasteiger charge is -2.58. The van der Waals surface area contributed by atoms with Crippen molar-refractivity contribution in [1.82, 2.24) is 0 Å². The van der Waals surface area contributed by atoms with Crippen molar-refractivity contribution in [2.24, 2.45) is 46.3 Å². The maximum absolute atomic E-state index is 12.6. The van der Waals surface area contributed by atoms with Gasteiger partial charge in [-0.25, -0.2) is 0 Å². The molecule has 7 heteroatoms. The minimum atomic E-state index is -1.44. The minimum absolute atomic E-state index is 0.136. The number of unbranched alkanes of at least 4 members (excludes halogenated alkanes) is 12.